The lowest BCUT2D eigenvalue weighted by molar-refractivity contribution is -0.117. The molecule has 0 spiro atoms. The molecule has 2 unspecified atom stereocenters. The number of likely N-dealkylation sites (tertiary alicyclic amines) is 1. The van der Waals surface area contributed by atoms with Crippen molar-refractivity contribution < 1.29 is 19.5 Å². The third kappa shape index (κ3) is 3.56. The molecular weight excluding hydrogens is 262 g/mol. The summed E-state index contributed by atoms with van der Waals surface area (Å²) in [6, 6.07) is 1.70. The molecule has 2 atom stereocenters. The van der Waals surface area contributed by atoms with E-state index in [1.807, 2.05) is 20.8 Å². The van der Waals surface area contributed by atoms with Crippen LogP contribution in [0.3, 0.4) is 0 Å². The second kappa shape index (κ2) is 5.51. The Labute approximate surface area is 117 Å². The average molecular weight is 283 g/mol. The van der Waals surface area contributed by atoms with Gasteiger partial charge < -0.3 is 14.7 Å². The van der Waals surface area contributed by atoms with Crippen LogP contribution in [0.2, 0.25) is 0 Å². The van der Waals surface area contributed by atoms with E-state index in [1.165, 1.54) is 0 Å². The van der Waals surface area contributed by atoms with Crippen LogP contribution in [0, 0.1) is 0 Å². The zero-order valence-corrected chi connectivity index (χ0v) is 12.0. The molecule has 0 radical (unpaired) electrons. The largest absolute Gasteiger partial charge is 0.389 e. The van der Waals surface area contributed by atoms with Crippen molar-refractivity contribution in [3.05, 3.63) is 11.8 Å². The third-order valence-corrected chi connectivity index (χ3v) is 3.24. The van der Waals surface area contributed by atoms with Crippen LogP contribution in [0.4, 0.5) is 5.88 Å². The highest BCUT2D eigenvalue weighted by molar-refractivity contribution is 5.91. The monoisotopic (exact) mass is 283 g/mol. The molecule has 0 aromatic carbocycles. The maximum atomic E-state index is 11.8. The molecule has 1 aliphatic heterocycles. The Morgan fingerprint density at radius 3 is 2.55 bits per heavy atom. The van der Waals surface area contributed by atoms with Gasteiger partial charge in [-0.3, -0.25) is 15.0 Å². The Hall–Kier alpha value is -1.44. The van der Waals surface area contributed by atoms with Crippen LogP contribution in [-0.2, 0) is 10.2 Å². The Morgan fingerprint density at radius 1 is 1.45 bits per heavy atom. The zero-order valence-electron chi connectivity index (χ0n) is 12.0. The van der Waals surface area contributed by atoms with E-state index < -0.39 is 12.2 Å². The van der Waals surface area contributed by atoms with Crippen molar-refractivity contribution in [3.8, 4) is 0 Å². The fourth-order valence-electron chi connectivity index (χ4n) is 2.04. The van der Waals surface area contributed by atoms with E-state index in [0.29, 0.717) is 5.88 Å². The number of rotatable bonds is 3. The summed E-state index contributed by atoms with van der Waals surface area (Å²) in [6.45, 7) is 6.69. The molecule has 1 aliphatic rings. The van der Waals surface area contributed by atoms with E-state index >= 15 is 0 Å². The molecule has 112 valence electrons. The Kier molecular flexibility index (Phi) is 4.12. The SMILES string of the molecule is CC(C)(C)c1cc(NC(=O)CN2CC(O)C(O)C2)on1. The fraction of sp³-hybridized carbons (Fsp3) is 0.692. The van der Waals surface area contributed by atoms with Crippen molar-refractivity contribution in [2.24, 2.45) is 0 Å². The molecule has 7 nitrogen and oxygen atoms in total. The predicted molar refractivity (Wildman–Crippen MR) is 72.3 cm³/mol. The molecule has 0 bridgehead atoms. The lowest BCUT2D eigenvalue weighted by Crippen LogP contribution is -2.32. The van der Waals surface area contributed by atoms with Crippen LogP contribution in [0.1, 0.15) is 26.5 Å². The van der Waals surface area contributed by atoms with E-state index in [2.05, 4.69) is 10.5 Å². The van der Waals surface area contributed by atoms with Crippen molar-refractivity contribution in [3.63, 3.8) is 0 Å². The van der Waals surface area contributed by atoms with Crippen LogP contribution in [-0.4, -0.2) is 58.0 Å². The van der Waals surface area contributed by atoms with Crippen molar-refractivity contribution in [1.29, 1.82) is 0 Å². The van der Waals surface area contributed by atoms with Gasteiger partial charge in [0.2, 0.25) is 11.8 Å². The van der Waals surface area contributed by atoms with Gasteiger partial charge in [0.1, 0.15) is 0 Å². The number of nitrogens with zero attached hydrogens (tertiary/aromatic N) is 2. The summed E-state index contributed by atoms with van der Waals surface area (Å²) in [5, 5.41) is 25.4. The Bertz CT molecular complexity index is 470. The summed E-state index contributed by atoms with van der Waals surface area (Å²) in [5.41, 5.74) is 0.621. The fourth-order valence-corrected chi connectivity index (χ4v) is 2.04. The molecule has 1 fully saturated rings. The summed E-state index contributed by atoms with van der Waals surface area (Å²) in [4.78, 5) is 13.5. The highest BCUT2D eigenvalue weighted by Gasteiger charge is 2.30. The van der Waals surface area contributed by atoms with Crippen LogP contribution in [0.5, 0.6) is 0 Å². The first kappa shape index (κ1) is 15.0. The second-order valence-electron chi connectivity index (χ2n) is 6.20. The van der Waals surface area contributed by atoms with Crippen molar-refractivity contribution in [1.82, 2.24) is 10.1 Å². The maximum absolute atomic E-state index is 11.8. The van der Waals surface area contributed by atoms with Gasteiger partial charge in [0.25, 0.3) is 0 Å². The first-order valence-corrected chi connectivity index (χ1v) is 6.61. The van der Waals surface area contributed by atoms with E-state index in [0.717, 1.165) is 5.69 Å². The number of amides is 1. The number of hydrogen-bond acceptors (Lipinski definition) is 6. The normalized spacial score (nSPS) is 24.1. The molecule has 0 aliphatic carbocycles. The molecule has 7 heteroatoms. The first-order valence-electron chi connectivity index (χ1n) is 6.61. The number of nitrogens with one attached hydrogen (secondary N) is 1. The van der Waals surface area contributed by atoms with E-state index in [-0.39, 0.29) is 31.0 Å². The lowest BCUT2D eigenvalue weighted by Gasteiger charge is -2.13. The molecule has 0 saturated carbocycles. The number of aliphatic hydroxyl groups is 2. The number of carbonyl (C=O) groups is 1. The van der Waals surface area contributed by atoms with Gasteiger partial charge in [-0.2, -0.15) is 0 Å². The average Bonchev–Trinajstić information content (AvgIpc) is 2.86. The third-order valence-electron chi connectivity index (χ3n) is 3.24. The number of β-amino-alcohol motifs (C(OH)–C–C–N with tert-alkyl or cyclic N) is 2. The van der Waals surface area contributed by atoms with Crippen LogP contribution < -0.4 is 5.32 Å². The minimum Gasteiger partial charge on any atom is -0.389 e. The van der Waals surface area contributed by atoms with Crippen LogP contribution in [0.25, 0.3) is 0 Å². The van der Waals surface area contributed by atoms with Crippen molar-refractivity contribution >= 4 is 11.8 Å². The van der Waals surface area contributed by atoms with Gasteiger partial charge in [-0.25, -0.2) is 0 Å². The highest BCUT2D eigenvalue weighted by atomic mass is 16.5. The lowest BCUT2D eigenvalue weighted by atomic mass is 9.92. The molecule has 2 heterocycles. The first-order chi connectivity index (χ1) is 9.25. The molecule has 1 aromatic rings. The van der Waals surface area contributed by atoms with Gasteiger partial charge in [-0.05, 0) is 0 Å². The minimum atomic E-state index is -0.791. The Balaban J connectivity index is 1.87. The highest BCUT2D eigenvalue weighted by Crippen LogP contribution is 2.23. The van der Waals surface area contributed by atoms with E-state index in [4.69, 9.17) is 4.52 Å². The predicted octanol–water partition coefficient (Wildman–Crippen LogP) is -0.0520. The molecule has 20 heavy (non-hydrogen) atoms. The van der Waals surface area contributed by atoms with Gasteiger partial charge in [-0.1, -0.05) is 25.9 Å². The van der Waals surface area contributed by atoms with Crippen LogP contribution >= 0.6 is 0 Å². The van der Waals surface area contributed by atoms with Crippen molar-refractivity contribution in [2.75, 3.05) is 25.0 Å². The van der Waals surface area contributed by atoms with Gasteiger partial charge in [0, 0.05) is 24.6 Å². The summed E-state index contributed by atoms with van der Waals surface area (Å²) in [7, 11) is 0. The minimum absolute atomic E-state index is 0.0969. The van der Waals surface area contributed by atoms with Gasteiger partial charge >= 0.3 is 0 Å². The van der Waals surface area contributed by atoms with Crippen LogP contribution in [0.15, 0.2) is 10.6 Å². The van der Waals surface area contributed by atoms with Gasteiger partial charge in [0.15, 0.2) is 0 Å². The molecule has 3 N–H and O–H groups in total. The zero-order chi connectivity index (χ0) is 14.9. The molecule has 1 saturated heterocycles. The number of aliphatic hydroxyl groups excluding tert-OH is 2. The number of hydrogen-bond donors (Lipinski definition) is 3. The molecule has 2 rings (SSSR count). The standard InChI is InChI=1S/C13H21N3O4/c1-13(2,3)10-4-12(20-15-10)14-11(19)7-16-5-8(17)9(18)6-16/h4,8-9,17-18H,5-7H2,1-3H3,(H,14,19). The topological polar surface area (TPSA) is 98.8 Å². The summed E-state index contributed by atoms with van der Waals surface area (Å²) < 4.78 is 5.07. The smallest absolute Gasteiger partial charge is 0.240 e. The molecule has 1 aromatic heterocycles. The summed E-state index contributed by atoms with van der Waals surface area (Å²) in [6.07, 6.45) is -1.58. The van der Waals surface area contributed by atoms with E-state index in [1.54, 1.807) is 11.0 Å². The quantitative estimate of drug-likeness (QED) is 0.719. The summed E-state index contributed by atoms with van der Waals surface area (Å²) >= 11 is 0. The van der Waals surface area contributed by atoms with Gasteiger partial charge in [-0.15, -0.1) is 0 Å². The second-order valence-corrected chi connectivity index (χ2v) is 6.20. The van der Waals surface area contributed by atoms with Crippen molar-refractivity contribution in [2.45, 2.75) is 38.4 Å². The molecular formula is C13H21N3O4. The Morgan fingerprint density at radius 2 is 2.05 bits per heavy atom. The summed E-state index contributed by atoms with van der Waals surface area (Å²) in [5.74, 6) is 0.0446. The molecule has 1 amide bonds. The van der Waals surface area contributed by atoms with E-state index in [9.17, 15) is 15.0 Å². The van der Waals surface area contributed by atoms with Gasteiger partial charge in [0.05, 0.1) is 24.4 Å². The number of anilines is 1. The number of carbonyl (C=O) groups excluding carboxylic acids is 1. The maximum Gasteiger partial charge on any atom is 0.240 e. The number of aromatic nitrogens is 1.